The number of aromatic nitrogens is 2. The van der Waals surface area contributed by atoms with Gasteiger partial charge >= 0.3 is 6.09 Å². The van der Waals surface area contributed by atoms with Gasteiger partial charge in [-0.15, -0.1) is 0 Å². The van der Waals surface area contributed by atoms with Crippen LogP contribution in [-0.4, -0.2) is 63.2 Å². The van der Waals surface area contributed by atoms with E-state index >= 15 is 0 Å². The highest BCUT2D eigenvalue weighted by Gasteiger charge is 2.57. The maximum absolute atomic E-state index is 13.3. The van der Waals surface area contributed by atoms with Crippen molar-refractivity contribution in [2.75, 3.05) is 19.6 Å². The molecule has 5 fully saturated rings. The van der Waals surface area contributed by atoms with E-state index in [0.717, 1.165) is 36.1 Å². The van der Waals surface area contributed by atoms with E-state index in [1.165, 1.54) is 0 Å². The summed E-state index contributed by atoms with van der Waals surface area (Å²) < 4.78 is 19.2. The minimum absolute atomic E-state index is 0.0134. The van der Waals surface area contributed by atoms with Crippen LogP contribution >= 0.6 is 0 Å². The Morgan fingerprint density at radius 2 is 1.98 bits per heavy atom. The van der Waals surface area contributed by atoms with Crippen LogP contribution in [0, 0.1) is 19.8 Å². The van der Waals surface area contributed by atoms with Gasteiger partial charge in [-0.2, -0.15) is 5.10 Å². The first-order chi connectivity index (χ1) is 19.2. The smallest absolute Gasteiger partial charge is 0.408 e. The molecule has 0 radical (unpaired) electrons. The fourth-order valence-corrected chi connectivity index (χ4v) is 6.77. The van der Waals surface area contributed by atoms with Crippen LogP contribution in [0.3, 0.4) is 0 Å². The molecule has 5 heterocycles. The highest BCUT2D eigenvalue weighted by Crippen LogP contribution is 2.57. The fourth-order valence-electron chi connectivity index (χ4n) is 6.77. The van der Waals surface area contributed by atoms with E-state index in [-0.39, 0.29) is 17.4 Å². The van der Waals surface area contributed by atoms with Crippen LogP contribution < -0.4 is 15.4 Å². The number of nitrogens with zero attached hydrogens (tertiary/aromatic N) is 3. The Hall–Kier alpha value is -4.54. The zero-order valence-corrected chi connectivity index (χ0v) is 22.1. The molecule has 1 spiro atoms. The van der Waals surface area contributed by atoms with Crippen LogP contribution in [0.1, 0.15) is 51.3 Å². The molecule has 5 aliphatic rings. The van der Waals surface area contributed by atoms with Crippen molar-refractivity contribution in [1.82, 2.24) is 25.1 Å². The topological polar surface area (TPSA) is 127 Å². The van der Waals surface area contributed by atoms with Gasteiger partial charge in [-0.05, 0) is 56.7 Å². The number of carbonyl (C=O) groups excluding carboxylic acids is 3. The largest absolute Gasteiger partial charge is 0.460 e. The Labute approximate surface area is 228 Å². The Bertz CT molecular complexity index is 1760. The zero-order chi connectivity index (χ0) is 27.4. The van der Waals surface area contributed by atoms with Crippen molar-refractivity contribution in [3.8, 4) is 11.5 Å². The monoisotopic (exact) mass is 541 g/mol. The highest BCUT2D eigenvalue weighted by atomic mass is 16.6. The van der Waals surface area contributed by atoms with Crippen molar-refractivity contribution in [1.29, 1.82) is 0 Å². The number of hydrogen-bond acceptors (Lipinski definition) is 7. The molecule has 3 aromatic heterocycles. The minimum Gasteiger partial charge on any atom is -0.460 e. The molecular formula is C29H27N5O6. The van der Waals surface area contributed by atoms with Gasteiger partial charge in [-0.25, -0.2) is 9.31 Å². The van der Waals surface area contributed by atoms with E-state index < -0.39 is 11.7 Å². The second kappa shape index (κ2) is 7.77. The van der Waals surface area contributed by atoms with Gasteiger partial charge in [0, 0.05) is 29.3 Å². The number of aryl methyl sites for hydroxylation is 2. The number of hydrogen-bond donors (Lipinski definition) is 2. The highest BCUT2D eigenvalue weighted by molar-refractivity contribution is 6.08. The molecule has 3 saturated carbocycles. The van der Waals surface area contributed by atoms with Crippen molar-refractivity contribution in [3.63, 3.8) is 0 Å². The fraction of sp³-hybridized carbons (Fsp3) is 0.379. The van der Waals surface area contributed by atoms with Crippen molar-refractivity contribution >= 4 is 34.4 Å². The zero-order valence-electron chi connectivity index (χ0n) is 22.1. The van der Waals surface area contributed by atoms with Crippen LogP contribution in [0.15, 0.2) is 41.1 Å². The van der Waals surface area contributed by atoms with Crippen molar-refractivity contribution in [2.24, 2.45) is 5.92 Å². The minimum atomic E-state index is -0.632. The Kier molecular flexibility index (Phi) is 4.54. The number of amides is 3. The Morgan fingerprint density at radius 1 is 1.18 bits per heavy atom. The molecule has 9 rings (SSSR count). The normalized spacial score (nSPS) is 23.8. The lowest BCUT2D eigenvalue weighted by Gasteiger charge is -2.61. The predicted molar refractivity (Wildman–Crippen MR) is 142 cm³/mol. The average molecular weight is 542 g/mol. The molecule has 11 nitrogen and oxygen atoms in total. The van der Waals surface area contributed by atoms with Gasteiger partial charge in [0.25, 0.3) is 11.8 Å². The number of rotatable bonds is 5. The number of furan rings is 1. The molecule has 4 aromatic rings. The predicted octanol–water partition coefficient (Wildman–Crippen LogP) is 3.71. The SMILES string of the molecule is Cc1oc2cc(Oc3ccnn4cc(C(=O)N5CC6(CNC(=O)O6)C5)c(C)c34)ccc2c1C(=O)NC12CC(C1)C2. The summed E-state index contributed by atoms with van der Waals surface area (Å²) >= 11 is 0. The summed E-state index contributed by atoms with van der Waals surface area (Å²) in [6.07, 6.45) is 6.08. The maximum Gasteiger partial charge on any atom is 0.408 e. The lowest BCUT2D eigenvalue weighted by atomic mass is 9.50. The van der Waals surface area contributed by atoms with Crippen LogP contribution in [0.4, 0.5) is 4.79 Å². The third-order valence-corrected chi connectivity index (χ3v) is 8.94. The molecule has 1 aromatic carbocycles. The molecule has 3 aliphatic carbocycles. The molecule has 11 heteroatoms. The van der Waals surface area contributed by atoms with Crippen molar-refractivity contribution in [2.45, 2.75) is 44.2 Å². The van der Waals surface area contributed by atoms with E-state index in [1.807, 2.05) is 19.1 Å². The molecule has 40 heavy (non-hydrogen) atoms. The summed E-state index contributed by atoms with van der Waals surface area (Å²) in [4.78, 5) is 39.5. The number of alkyl carbamates (subject to hydrolysis) is 1. The van der Waals surface area contributed by atoms with Crippen LogP contribution in [0.5, 0.6) is 11.5 Å². The summed E-state index contributed by atoms with van der Waals surface area (Å²) in [5.41, 5.74) is 2.40. The van der Waals surface area contributed by atoms with Crippen LogP contribution in [0.25, 0.3) is 16.5 Å². The van der Waals surface area contributed by atoms with Crippen LogP contribution in [0.2, 0.25) is 0 Å². The van der Waals surface area contributed by atoms with E-state index in [4.69, 9.17) is 13.9 Å². The summed E-state index contributed by atoms with van der Waals surface area (Å²) in [5.74, 6) is 2.18. The number of carbonyl (C=O) groups is 3. The van der Waals surface area contributed by atoms with Gasteiger partial charge < -0.3 is 29.4 Å². The number of ether oxygens (including phenoxy) is 2. The average Bonchev–Trinajstić information content (AvgIpc) is 3.52. The van der Waals surface area contributed by atoms with Gasteiger partial charge in [-0.3, -0.25) is 9.59 Å². The summed E-state index contributed by atoms with van der Waals surface area (Å²) in [7, 11) is 0. The summed E-state index contributed by atoms with van der Waals surface area (Å²) in [5, 5.41) is 11.0. The second-order valence-electron chi connectivity index (χ2n) is 11.7. The quantitative estimate of drug-likeness (QED) is 0.394. The molecule has 0 atom stereocenters. The van der Waals surface area contributed by atoms with Gasteiger partial charge in [0.15, 0.2) is 11.4 Å². The first-order valence-corrected chi connectivity index (χ1v) is 13.5. The van der Waals surface area contributed by atoms with Gasteiger partial charge in [-0.1, -0.05) is 0 Å². The van der Waals surface area contributed by atoms with Gasteiger partial charge in [0.2, 0.25) is 0 Å². The lowest BCUT2D eigenvalue weighted by Crippen LogP contribution is -2.68. The first-order valence-electron chi connectivity index (χ1n) is 13.5. The summed E-state index contributed by atoms with van der Waals surface area (Å²) in [6.45, 7) is 4.76. The molecule has 2 bridgehead atoms. The molecule has 0 unspecified atom stereocenters. The molecule has 2 aliphatic heterocycles. The second-order valence-corrected chi connectivity index (χ2v) is 11.7. The number of fused-ring (bicyclic) bond motifs is 2. The molecule has 3 amide bonds. The van der Waals surface area contributed by atoms with Gasteiger partial charge in [0.05, 0.1) is 37.0 Å². The number of nitrogens with one attached hydrogen (secondary N) is 2. The van der Waals surface area contributed by atoms with E-state index in [1.54, 1.807) is 40.9 Å². The van der Waals surface area contributed by atoms with E-state index in [2.05, 4.69) is 15.7 Å². The standard InChI is InChI=1S/C29H27N5O6/c1-15-20(26(36)33-13-29(14-33)12-30-27(37)40-29)11-34-24(15)21(5-6-31-34)39-18-3-4-19-22(7-18)38-16(2)23(19)25(35)32-28-8-17(9-28)10-28/h3-7,11,17H,8-10,12-14H2,1-2H3,(H,30,37)(H,32,35). The van der Waals surface area contributed by atoms with E-state index in [9.17, 15) is 14.4 Å². The van der Waals surface area contributed by atoms with E-state index in [0.29, 0.717) is 59.1 Å². The van der Waals surface area contributed by atoms with Crippen molar-refractivity contribution < 1.29 is 28.3 Å². The molecule has 2 N–H and O–H groups in total. The van der Waals surface area contributed by atoms with Gasteiger partial charge in [0.1, 0.15) is 22.6 Å². The lowest BCUT2D eigenvalue weighted by molar-refractivity contribution is -0.0576. The third kappa shape index (κ3) is 3.29. The number of benzene rings is 1. The van der Waals surface area contributed by atoms with Crippen molar-refractivity contribution in [3.05, 3.63) is 59.1 Å². The number of likely N-dealkylation sites (tertiary alicyclic amines) is 1. The molecular weight excluding hydrogens is 514 g/mol. The molecule has 204 valence electrons. The first kappa shape index (κ1) is 23.4. The summed E-state index contributed by atoms with van der Waals surface area (Å²) in [6, 6.07) is 7.19. The Balaban J connectivity index is 1.05. The molecule has 2 saturated heterocycles. The van der Waals surface area contributed by atoms with Crippen LogP contribution in [-0.2, 0) is 4.74 Å². The third-order valence-electron chi connectivity index (χ3n) is 8.94. The Morgan fingerprint density at radius 3 is 2.67 bits per heavy atom. The maximum atomic E-state index is 13.3.